The molecule has 9 nitrogen and oxygen atoms in total. The van der Waals surface area contributed by atoms with Crippen molar-refractivity contribution in [1.29, 1.82) is 0 Å². The molecule has 0 amide bonds. The Balaban J connectivity index is -0.000000499. The van der Waals surface area contributed by atoms with Crippen molar-refractivity contribution in [1.82, 2.24) is 16.0 Å². The summed E-state index contributed by atoms with van der Waals surface area (Å²) in [5.41, 5.74) is 9.09. The van der Waals surface area contributed by atoms with E-state index in [0.717, 1.165) is 11.3 Å². The van der Waals surface area contributed by atoms with Crippen LogP contribution in [0.15, 0.2) is 36.0 Å². The van der Waals surface area contributed by atoms with Gasteiger partial charge in [-0.2, -0.15) is 11.8 Å². The maximum absolute atomic E-state index is 9.41. The number of thioether (sulfide) groups is 1. The summed E-state index contributed by atoms with van der Waals surface area (Å²) in [5, 5.41) is 26.7. The third-order valence-corrected chi connectivity index (χ3v) is 6.69. The predicted octanol–water partition coefficient (Wildman–Crippen LogP) is 1.52. The highest BCUT2D eigenvalue weighted by Crippen LogP contribution is 2.46. The molecule has 1 fully saturated rings. The Hall–Kier alpha value is -1.37. The van der Waals surface area contributed by atoms with Crippen LogP contribution in [0.1, 0.15) is 61.0 Å². The molecule has 0 bridgehead atoms. The van der Waals surface area contributed by atoms with E-state index in [0.29, 0.717) is 0 Å². The zero-order chi connectivity index (χ0) is 21.9. The predicted molar refractivity (Wildman–Crippen MR) is 135 cm³/mol. The van der Waals surface area contributed by atoms with Crippen LogP contribution in [0.25, 0.3) is 0 Å². The smallest absolute Gasteiger partial charge is 0.104 e. The number of nitrogens with two attached hydrogens (primary N) is 2. The van der Waals surface area contributed by atoms with Crippen LogP contribution >= 0.6 is 11.8 Å². The zero-order valence-electron chi connectivity index (χ0n) is 19.1. The van der Waals surface area contributed by atoms with Gasteiger partial charge in [0.25, 0.3) is 0 Å². The molecule has 1 aliphatic carbocycles. The molecule has 2 aliphatic rings. The normalized spacial score (nSPS) is 22.0. The SMILES string of the molecule is CC.CSC1(C2=CC(N[C@@H](C)CO)NC(c3ccc(N)cc3)N2)CCCC1.NO.O.O.[HH].[HH]. The Morgan fingerprint density at radius 1 is 1.19 bits per heavy atom. The second-order valence-electron chi connectivity index (χ2n) is 7.12. The summed E-state index contributed by atoms with van der Waals surface area (Å²) in [6.45, 7) is 6.12. The number of hydrogen-bond acceptors (Lipinski definition) is 8. The standard InChI is InChI=1S/C19H30N4OS.C2H6.H3NO.2H2O.2H2/c1-13(12-24)21-17-11-16(19(25-2)9-3-4-10-19)22-18(23-17)14-5-7-15(20)8-6-14;2*1-2;;;;/h5-8,11,13,17-18,21-24H,3-4,9-10,12,20H2,1-2H3;1-2H3;2H,1H2;2*1H2;2*1H/t13-,17?,18?;;;;;;/m0....../s1. The second kappa shape index (κ2) is 16.3. The number of nitrogens with one attached hydrogen (secondary N) is 3. The molecule has 2 unspecified atom stereocenters. The Morgan fingerprint density at radius 3 is 2.23 bits per heavy atom. The summed E-state index contributed by atoms with van der Waals surface area (Å²) < 4.78 is 0.177. The van der Waals surface area contributed by atoms with Crippen molar-refractivity contribution in [3.8, 4) is 0 Å². The molecule has 1 aliphatic heterocycles. The van der Waals surface area contributed by atoms with Gasteiger partial charge in [0.2, 0.25) is 0 Å². The van der Waals surface area contributed by atoms with E-state index in [4.69, 9.17) is 10.9 Å². The summed E-state index contributed by atoms with van der Waals surface area (Å²) >= 11 is 1.96. The number of anilines is 1. The van der Waals surface area contributed by atoms with Gasteiger partial charge in [-0.05, 0) is 49.8 Å². The van der Waals surface area contributed by atoms with Gasteiger partial charge in [0.05, 0.1) is 17.5 Å². The quantitative estimate of drug-likeness (QED) is 0.243. The van der Waals surface area contributed by atoms with Gasteiger partial charge in [-0.1, -0.05) is 38.8 Å². The second-order valence-corrected chi connectivity index (χ2v) is 8.31. The zero-order valence-corrected chi connectivity index (χ0v) is 19.9. The highest BCUT2D eigenvalue weighted by Gasteiger charge is 2.40. The molecule has 0 radical (unpaired) electrons. The molecule has 1 aromatic carbocycles. The van der Waals surface area contributed by atoms with Crippen molar-refractivity contribution in [2.45, 2.75) is 69.6 Å². The van der Waals surface area contributed by atoms with Crippen molar-refractivity contribution in [3.05, 3.63) is 41.6 Å². The molecule has 0 saturated heterocycles. The molecule has 1 aromatic rings. The minimum absolute atomic E-state index is 0. The lowest BCUT2D eigenvalue weighted by atomic mass is 9.98. The molecule has 1 saturated carbocycles. The van der Waals surface area contributed by atoms with E-state index in [9.17, 15) is 5.11 Å². The van der Waals surface area contributed by atoms with E-state index in [2.05, 4.69) is 46.3 Å². The summed E-state index contributed by atoms with van der Waals surface area (Å²) in [6.07, 6.45) is 9.51. The number of nitrogen functional groups attached to an aromatic ring is 1. The first-order chi connectivity index (χ1) is 14.1. The van der Waals surface area contributed by atoms with Gasteiger partial charge in [0.1, 0.15) is 6.17 Å². The highest BCUT2D eigenvalue weighted by atomic mass is 32.2. The van der Waals surface area contributed by atoms with Gasteiger partial charge in [-0.25, -0.2) is 5.90 Å². The van der Waals surface area contributed by atoms with Crippen LogP contribution in [0.4, 0.5) is 5.69 Å². The van der Waals surface area contributed by atoms with Crippen molar-refractivity contribution >= 4 is 17.4 Å². The Morgan fingerprint density at radius 2 is 1.74 bits per heavy atom. The van der Waals surface area contributed by atoms with Gasteiger partial charge in [0.15, 0.2) is 0 Å². The van der Waals surface area contributed by atoms with Gasteiger partial charge >= 0.3 is 0 Å². The molecule has 186 valence electrons. The van der Waals surface area contributed by atoms with Gasteiger partial charge in [-0.15, -0.1) is 0 Å². The average molecular weight is 466 g/mol. The van der Waals surface area contributed by atoms with Crippen LogP contribution in [0.5, 0.6) is 0 Å². The first-order valence-corrected chi connectivity index (χ1v) is 11.6. The molecule has 10 heteroatoms. The van der Waals surface area contributed by atoms with E-state index < -0.39 is 0 Å². The minimum Gasteiger partial charge on any atom is -0.412 e. The van der Waals surface area contributed by atoms with Crippen molar-refractivity contribution in [3.63, 3.8) is 0 Å². The van der Waals surface area contributed by atoms with E-state index in [-0.39, 0.29) is 43.5 Å². The summed E-state index contributed by atoms with van der Waals surface area (Å²) in [7, 11) is 0. The fourth-order valence-corrected chi connectivity index (χ4v) is 4.82. The van der Waals surface area contributed by atoms with E-state index in [1.807, 2.05) is 44.7 Å². The van der Waals surface area contributed by atoms with Gasteiger partial charge in [-0.3, -0.25) is 10.6 Å². The highest BCUT2D eigenvalue weighted by molar-refractivity contribution is 8.00. The first kappa shape index (κ1) is 31.8. The van der Waals surface area contributed by atoms with Crippen LogP contribution in [0.2, 0.25) is 0 Å². The molecule has 13 N–H and O–H groups in total. The topological polar surface area (TPSA) is 192 Å². The summed E-state index contributed by atoms with van der Waals surface area (Å²) in [4.78, 5) is 0. The molecule has 31 heavy (non-hydrogen) atoms. The third-order valence-electron chi connectivity index (χ3n) is 5.28. The fourth-order valence-electron chi connectivity index (χ4n) is 3.78. The number of rotatable bonds is 6. The van der Waals surface area contributed by atoms with Crippen LogP contribution < -0.4 is 27.6 Å². The van der Waals surface area contributed by atoms with Gasteiger partial charge in [0, 0.05) is 20.3 Å². The Bertz CT molecular complexity index is 623. The molecular weight excluding hydrogens is 418 g/mol. The lowest BCUT2D eigenvalue weighted by Gasteiger charge is -2.40. The van der Waals surface area contributed by atoms with E-state index >= 15 is 0 Å². The number of hydrogen-bond donors (Lipinski definition) is 7. The number of aliphatic hydroxyl groups excluding tert-OH is 1. The largest absolute Gasteiger partial charge is 0.412 e. The summed E-state index contributed by atoms with van der Waals surface area (Å²) in [5.74, 6) is 3.50. The molecule has 3 atom stereocenters. The molecule has 0 aromatic heterocycles. The van der Waals surface area contributed by atoms with Crippen LogP contribution in [0, 0.1) is 0 Å². The first-order valence-electron chi connectivity index (χ1n) is 10.3. The number of aliphatic hydroxyl groups is 1. The molecule has 1 heterocycles. The van der Waals surface area contributed by atoms with E-state index in [1.165, 1.54) is 31.4 Å². The Labute approximate surface area is 193 Å². The van der Waals surface area contributed by atoms with E-state index in [1.54, 1.807) is 0 Å². The monoisotopic (exact) mass is 465 g/mol. The minimum atomic E-state index is 0. The third kappa shape index (κ3) is 8.59. The van der Waals surface area contributed by atoms with Crippen LogP contribution in [-0.2, 0) is 0 Å². The van der Waals surface area contributed by atoms with Crippen LogP contribution in [0.3, 0.4) is 0 Å². The fraction of sp³-hybridized carbons (Fsp3) is 0.619. The Kier molecular flexibility index (Phi) is 16.7. The lowest BCUT2D eigenvalue weighted by molar-refractivity contribution is 0.230. The summed E-state index contributed by atoms with van der Waals surface area (Å²) in [6, 6.07) is 8.05. The lowest BCUT2D eigenvalue weighted by Crippen LogP contribution is -2.55. The van der Waals surface area contributed by atoms with Crippen molar-refractivity contribution in [2.24, 2.45) is 5.90 Å². The molecule has 0 spiro atoms. The van der Waals surface area contributed by atoms with Crippen LogP contribution in [-0.4, -0.2) is 51.1 Å². The maximum atomic E-state index is 9.41. The van der Waals surface area contributed by atoms with Crippen molar-refractivity contribution < 1.29 is 24.1 Å². The average Bonchev–Trinajstić information content (AvgIpc) is 3.27. The van der Waals surface area contributed by atoms with Crippen molar-refractivity contribution in [2.75, 3.05) is 18.6 Å². The molecule has 3 rings (SSSR count). The number of benzene rings is 1. The van der Waals surface area contributed by atoms with Gasteiger partial charge < -0.3 is 32.3 Å². The maximum Gasteiger partial charge on any atom is 0.104 e. The molecular formula is C21H47N5O4S.